The Kier molecular flexibility index (Phi) is 1.20. The van der Waals surface area contributed by atoms with Crippen molar-refractivity contribution in [3.63, 3.8) is 0 Å². The summed E-state index contributed by atoms with van der Waals surface area (Å²) in [6.07, 6.45) is 1.63. The zero-order valence-electron chi connectivity index (χ0n) is 5.33. The number of hydrogen-bond donors (Lipinski definition) is 0. The molecule has 0 unspecified atom stereocenters. The van der Waals surface area contributed by atoms with Crippen molar-refractivity contribution in [2.24, 2.45) is 0 Å². The Labute approximate surface area is 58.6 Å². The van der Waals surface area contributed by atoms with Gasteiger partial charge in [0.2, 0.25) is 0 Å². The molecular weight excluding hydrogens is 130 g/mol. The highest BCUT2D eigenvalue weighted by Crippen LogP contribution is 2.24. The first kappa shape index (κ1) is 5.53. The van der Waals surface area contributed by atoms with E-state index in [0.717, 1.165) is 0 Å². The molecule has 2 heterocycles. The Morgan fingerprint density at radius 1 is 1.40 bits per heavy atom. The average Bonchev–Trinajstić information content (AvgIpc) is 2.05. The molecule has 0 N–H and O–H groups in total. The number of aromatic nitrogens is 1. The van der Waals surface area contributed by atoms with E-state index in [1.165, 1.54) is 0 Å². The van der Waals surface area contributed by atoms with E-state index in [1.807, 2.05) is 0 Å². The molecular formula is C7H6NO2. The summed E-state index contributed by atoms with van der Waals surface area (Å²) >= 11 is 0. The number of nitrogens with zero attached hydrogens (tertiary/aromatic N) is 1. The minimum Gasteiger partial charge on any atom is -0.484 e. The lowest BCUT2D eigenvalue weighted by Crippen LogP contribution is -2.15. The Hall–Kier alpha value is -1.25. The normalized spacial score (nSPS) is 14.8. The maximum atomic E-state index is 5.18. The third-order valence-corrected chi connectivity index (χ3v) is 1.24. The van der Waals surface area contributed by atoms with Crippen molar-refractivity contribution in [1.29, 1.82) is 0 Å². The lowest BCUT2D eigenvalue weighted by atomic mass is 10.4. The molecule has 3 heteroatoms. The molecule has 1 radical (unpaired) electrons. The van der Waals surface area contributed by atoms with Gasteiger partial charge in [0.15, 0.2) is 5.75 Å². The van der Waals surface area contributed by atoms with Gasteiger partial charge in [0.1, 0.15) is 13.2 Å². The number of fused-ring (bicyclic) bond motifs is 1. The molecule has 0 aromatic carbocycles. The van der Waals surface area contributed by atoms with Gasteiger partial charge in [-0.25, -0.2) is 4.98 Å². The number of ether oxygens (including phenoxy) is 2. The van der Waals surface area contributed by atoms with Crippen molar-refractivity contribution in [3.8, 4) is 11.6 Å². The molecule has 0 aliphatic carbocycles. The van der Waals surface area contributed by atoms with E-state index in [9.17, 15) is 0 Å². The van der Waals surface area contributed by atoms with Gasteiger partial charge in [-0.3, -0.25) is 0 Å². The van der Waals surface area contributed by atoms with Crippen LogP contribution in [0.2, 0.25) is 0 Å². The Bertz CT molecular complexity index is 212. The van der Waals surface area contributed by atoms with Gasteiger partial charge in [-0.2, -0.15) is 0 Å². The minimum absolute atomic E-state index is 0.550. The van der Waals surface area contributed by atoms with E-state index in [1.54, 1.807) is 12.3 Å². The summed E-state index contributed by atoms with van der Waals surface area (Å²) in [5.41, 5.74) is 0. The summed E-state index contributed by atoms with van der Waals surface area (Å²) in [6.45, 7) is 1.17. The van der Waals surface area contributed by atoms with E-state index in [2.05, 4.69) is 11.1 Å². The van der Waals surface area contributed by atoms with Crippen LogP contribution in [0.1, 0.15) is 0 Å². The average molecular weight is 136 g/mol. The summed E-state index contributed by atoms with van der Waals surface area (Å²) in [4.78, 5) is 3.94. The molecule has 2 rings (SSSR count). The predicted molar refractivity (Wildman–Crippen MR) is 34.1 cm³/mol. The lowest BCUT2D eigenvalue weighted by molar-refractivity contribution is 0.164. The molecule has 3 nitrogen and oxygen atoms in total. The summed E-state index contributed by atoms with van der Waals surface area (Å²) in [5, 5.41) is 0. The van der Waals surface area contributed by atoms with Crippen LogP contribution in [0.5, 0.6) is 11.6 Å². The van der Waals surface area contributed by atoms with Gasteiger partial charge in [-0.15, -0.1) is 0 Å². The highest BCUT2D eigenvalue weighted by Gasteiger charge is 2.10. The second-order valence-corrected chi connectivity index (χ2v) is 1.92. The SMILES string of the molecule is [c]1ccnc2c1OCCO2. The van der Waals surface area contributed by atoms with Gasteiger partial charge < -0.3 is 9.47 Å². The predicted octanol–water partition coefficient (Wildman–Crippen LogP) is 0.653. The first-order chi connectivity index (χ1) is 4.97. The third kappa shape index (κ3) is 0.795. The molecule has 10 heavy (non-hydrogen) atoms. The number of rotatable bonds is 0. The number of pyridine rings is 1. The van der Waals surface area contributed by atoms with Crippen molar-refractivity contribution < 1.29 is 9.47 Å². The van der Waals surface area contributed by atoms with Gasteiger partial charge in [0, 0.05) is 12.3 Å². The highest BCUT2D eigenvalue weighted by molar-refractivity contribution is 5.32. The molecule has 0 saturated carbocycles. The van der Waals surface area contributed by atoms with E-state index < -0.39 is 0 Å². The topological polar surface area (TPSA) is 31.4 Å². The first-order valence-corrected chi connectivity index (χ1v) is 3.09. The monoisotopic (exact) mass is 136 g/mol. The summed E-state index contributed by atoms with van der Waals surface area (Å²) < 4.78 is 10.3. The van der Waals surface area contributed by atoms with E-state index in [4.69, 9.17) is 9.47 Å². The third-order valence-electron chi connectivity index (χ3n) is 1.24. The fourth-order valence-electron chi connectivity index (χ4n) is 0.827. The van der Waals surface area contributed by atoms with Crippen LogP contribution in [0.15, 0.2) is 12.3 Å². The summed E-state index contributed by atoms with van der Waals surface area (Å²) in [5.74, 6) is 1.17. The number of hydrogen-bond acceptors (Lipinski definition) is 3. The van der Waals surface area contributed by atoms with Crippen LogP contribution in [0.3, 0.4) is 0 Å². The fraction of sp³-hybridized carbons (Fsp3) is 0.286. The molecule has 1 aromatic heterocycles. The van der Waals surface area contributed by atoms with Crippen molar-refractivity contribution >= 4 is 0 Å². The minimum atomic E-state index is 0.550. The zero-order chi connectivity index (χ0) is 6.81. The summed E-state index contributed by atoms with van der Waals surface area (Å²) in [7, 11) is 0. The Morgan fingerprint density at radius 3 is 3.20 bits per heavy atom. The van der Waals surface area contributed by atoms with Crippen molar-refractivity contribution in [2.75, 3.05) is 13.2 Å². The van der Waals surface area contributed by atoms with Crippen LogP contribution >= 0.6 is 0 Å². The molecule has 0 saturated heterocycles. The van der Waals surface area contributed by atoms with Gasteiger partial charge in [0.05, 0.1) is 0 Å². The molecule has 0 bridgehead atoms. The van der Waals surface area contributed by atoms with Crippen LogP contribution < -0.4 is 9.47 Å². The maximum absolute atomic E-state index is 5.18. The molecule has 1 aliphatic heterocycles. The molecule has 1 aliphatic rings. The summed E-state index contributed by atoms with van der Waals surface area (Å²) in [6, 6.07) is 4.58. The second kappa shape index (κ2) is 2.17. The molecule has 0 amide bonds. The molecule has 0 spiro atoms. The fourth-order valence-corrected chi connectivity index (χ4v) is 0.827. The smallest absolute Gasteiger partial charge is 0.257 e. The lowest BCUT2D eigenvalue weighted by Gasteiger charge is -2.15. The van der Waals surface area contributed by atoms with Crippen LogP contribution in [-0.4, -0.2) is 18.2 Å². The van der Waals surface area contributed by atoms with E-state index in [-0.39, 0.29) is 0 Å². The quantitative estimate of drug-likeness (QED) is 0.524. The van der Waals surface area contributed by atoms with Crippen molar-refractivity contribution in [1.82, 2.24) is 4.98 Å². The van der Waals surface area contributed by atoms with Gasteiger partial charge in [0.25, 0.3) is 5.88 Å². The van der Waals surface area contributed by atoms with Gasteiger partial charge >= 0.3 is 0 Å². The van der Waals surface area contributed by atoms with Crippen molar-refractivity contribution in [3.05, 3.63) is 18.3 Å². The highest BCUT2D eigenvalue weighted by atomic mass is 16.6. The Morgan fingerprint density at radius 2 is 2.30 bits per heavy atom. The van der Waals surface area contributed by atoms with Crippen LogP contribution in [0, 0.1) is 6.07 Å². The van der Waals surface area contributed by atoms with Crippen LogP contribution in [-0.2, 0) is 0 Å². The van der Waals surface area contributed by atoms with Gasteiger partial charge in [-0.05, 0) is 6.07 Å². The molecule has 51 valence electrons. The maximum Gasteiger partial charge on any atom is 0.257 e. The zero-order valence-corrected chi connectivity index (χ0v) is 5.33. The molecule has 0 atom stereocenters. The molecule has 1 aromatic rings. The van der Waals surface area contributed by atoms with Crippen molar-refractivity contribution in [2.45, 2.75) is 0 Å². The van der Waals surface area contributed by atoms with E-state index in [0.29, 0.717) is 24.8 Å². The van der Waals surface area contributed by atoms with Gasteiger partial charge in [-0.1, -0.05) is 0 Å². The largest absolute Gasteiger partial charge is 0.484 e. The molecule has 0 fully saturated rings. The second-order valence-electron chi connectivity index (χ2n) is 1.92. The Balaban J connectivity index is 2.41. The van der Waals surface area contributed by atoms with E-state index >= 15 is 0 Å². The van der Waals surface area contributed by atoms with Crippen LogP contribution in [0.25, 0.3) is 0 Å². The standard InChI is InChI=1S/C7H6NO2/c1-2-6-7(8-3-1)10-5-4-9-6/h1,3H,4-5H2. The van der Waals surface area contributed by atoms with Crippen LogP contribution in [0.4, 0.5) is 0 Å². The first-order valence-electron chi connectivity index (χ1n) is 3.09.